The third-order valence-electron chi connectivity index (χ3n) is 1.57. The smallest absolute Gasteiger partial charge is 0.328 e. The van der Waals surface area contributed by atoms with Gasteiger partial charge in [0.1, 0.15) is 0 Å². The maximum atomic E-state index is 10.7. The summed E-state index contributed by atoms with van der Waals surface area (Å²) in [7, 11) is -4.25. The van der Waals surface area contributed by atoms with Crippen LogP contribution in [0.5, 0.6) is 0 Å². The van der Waals surface area contributed by atoms with Crippen molar-refractivity contribution in [2.75, 3.05) is 0 Å². The predicted octanol–water partition coefficient (Wildman–Crippen LogP) is 1.03. The van der Waals surface area contributed by atoms with Gasteiger partial charge in [-0.1, -0.05) is 12.1 Å². The fraction of sp³-hybridized carbons (Fsp3) is 0. The van der Waals surface area contributed by atoms with E-state index in [2.05, 4.69) is 0 Å². The zero-order chi connectivity index (χ0) is 11.5. The molecule has 0 saturated carbocycles. The van der Waals surface area contributed by atoms with Crippen molar-refractivity contribution in [2.24, 2.45) is 0 Å². The van der Waals surface area contributed by atoms with Crippen molar-refractivity contribution in [3.05, 3.63) is 35.9 Å². The fourth-order valence-electron chi connectivity index (χ4n) is 0.946. The van der Waals surface area contributed by atoms with Crippen LogP contribution in [-0.2, 0) is 14.9 Å². The van der Waals surface area contributed by atoms with Crippen LogP contribution < -0.4 is 0 Å². The molecule has 0 aromatic heterocycles. The van der Waals surface area contributed by atoms with Gasteiger partial charge in [0.25, 0.3) is 10.1 Å². The van der Waals surface area contributed by atoms with Crippen molar-refractivity contribution < 1.29 is 22.9 Å². The van der Waals surface area contributed by atoms with E-state index in [1.54, 1.807) is 0 Å². The quantitative estimate of drug-likeness (QED) is 0.595. The first-order valence-corrected chi connectivity index (χ1v) is 5.32. The maximum Gasteiger partial charge on any atom is 0.328 e. The largest absolute Gasteiger partial charge is 0.478 e. The van der Waals surface area contributed by atoms with Gasteiger partial charge in [-0.05, 0) is 23.8 Å². The second kappa shape index (κ2) is 4.24. The van der Waals surface area contributed by atoms with Gasteiger partial charge in [0, 0.05) is 6.08 Å². The molecule has 0 spiro atoms. The minimum atomic E-state index is -4.25. The molecule has 6 heteroatoms. The molecule has 0 aliphatic carbocycles. The van der Waals surface area contributed by atoms with Crippen LogP contribution in [0.4, 0.5) is 0 Å². The fourth-order valence-corrected chi connectivity index (χ4v) is 1.48. The Balaban J connectivity index is 3.09. The first kappa shape index (κ1) is 11.4. The number of carboxylic acids is 1. The van der Waals surface area contributed by atoms with E-state index >= 15 is 0 Å². The molecule has 0 saturated heterocycles. The summed E-state index contributed by atoms with van der Waals surface area (Å²) in [6, 6.07) is 5.32. The molecule has 2 N–H and O–H groups in total. The van der Waals surface area contributed by atoms with Crippen LogP contribution in [0.25, 0.3) is 6.08 Å². The van der Waals surface area contributed by atoms with Crippen molar-refractivity contribution >= 4 is 22.2 Å². The molecule has 0 heterocycles. The van der Waals surface area contributed by atoms with E-state index in [1.165, 1.54) is 30.3 Å². The standard InChI is InChI=1S/C9H8O5S/c10-9(11)5-4-7-2-1-3-8(6-7)15(12,13)14/h1-6H,(H,10,11)(H,12,13,14)/b5-4+. The highest BCUT2D eigenvalue weighted by Crippen LogP contribution is 2.12. The highest BCUT2D eigenvalue weighted by molar-refractivity contribution is 7.85. The summed E-state index contributed by atoms with van der Waals surface area (Å²) in [5, 5.41) is 8.35. The lowest BCUT2D eigenvalue weighted by atomic mass is 10.2. The van der Waals surface area contributed by atoms with E-state index < -0.39 is 16.1 Å². The average Bonchev–Trinajstić information content (AvgIpc) is 2.14. The minimum Gasteiger partial charge on any atom is -0.478 e. The third-order valence-corrected chi connectivity index (χ3v) is 2.42. The van der Waals surface area contributed by atoms with Gasteiger partial charge in [0.05, 0.1) is 4.90 Å². The van der Waals surface area contributed by atoms with E-state index in [4.69, 9.17) is 9.66 Å². The lowest BCUT2D eigenvalue weighted by Crippen LogP contribution is -1.97. The highest BCUT2D eigenvalue weighted by Gasteiger charge is 2.08. The van der Waals surface area contributed by atoms with Crippen LogP contribution in [0.1, 0.15) is 5.56 Å². The Morgan fingerprint density at radius 2 is 2.00 bits per heavy atom. The Hall–Kier alpha value is -1.66. The number of carboxylic acid groups (broad SMARTS) is 1. The SMILES string of the molecule is O=C(O)/C=C/c1cccc(S(=O)(=O)O)c1. The Morgan fingerprint density at radius 3 is 2.53 bits per heavy atom. The van der Waals surface area contributed by atoms with E-state index in [9.17, 15) is 13.2 Å². The van der Waals surface area contributed by atoms with Crippen LogP contribution in [0.2, 0.25) is 0 Å². The van der Waals surface area contributed by atoms with Crippen LogP contribution in [-0.4, -0.2) is 24.0 Å². The van der Waals surface area contributed by atoms with E-state index in [1.807, 2.05) is 0 Å². The number of rotatable bonds is 3. The van der Waals surface area contributed by atoms with Crippen molar-refractivity contribution in [2.45, 2.75) is 4.90 Å². The molecule has 0 bridgehead atoms. The summed E-state index contributed by atoms with van der Waals surface area (Å²) in [5.74, 6) is -1.13. The Bertz CT molecular complexity index is 501. The molecule has 5 nitrogen and oxygen atoms in total. The van der Waals surface area contributed by atoms with Crippen molar-refractivity contribution in [3.8, 4) is 0 Å². The molecule has 0 unspecified atom stereocenters. The average molecular weight is 228 g/mol. The zero-order valence-electron chi connectivity index (χ0n) is 7.49. The summed E-state index contributed by atoms with van der Waals surface area (Å²) in [5.41, 5.74) is 0.382. The number of hydrogen-bond acceptors (Lipinski definition) is 3. The molecule has 0 atom stereocenters. The van der Waals surface area contributed by atoms with E-state index in [0.717, 1.165) is 6.08 Å². The molecule has 0 fully saturated rings. The van der Waals surface area contributed by atoms with Gasteiger partial charge >= 0.3 is 5.97 Å². The summed E-state index contributed by atoms with van der Waals surface area (Å²) in [4.78, 5) is 9.93. The van der Waals surface area contributed by atoms with Crippen LogP contribution in [0.15, 0.2) is 35.2 Å². The maximum absolute atomic E-state index is 10.7. The van der Waals surface area contributed by atoms with Gasteiger partial charge in [0.2, 0.25) is 0 Å². The molecule has 1 rings (SSSR count). The molecule has 80 valence electrons. The summed E-state index contributed by atoms with van der Waals surface area (Å²) >= 11 is 0. The molecule has 0 aliphatic heterocycles. The van der Waals surface area contributed by atoms with Crippen LogP contribution in [0, 0.1) is 0 Å². The van der Waals surface area contributed by atoms with Crippen LogP contribution >= 0.6 is 0 Å². The first-order chi connectivity index (χ1) is 6.89. The summed E-state index contributed by atoms with van der Waals surface area (Å²) < 4.78 is 30.2. The second-order valence-electron chi connectivity index (χ2n) is 2.72. The predicted molar refractivity (Wildman–Crippen MR) is 52.9 cm³/mol. The number of hydrogen-bond donors (Lipinski definition) is 2. The molecule has 15 heavy (non-hydrogen) atoms. The zero-order valence-corrected chi connectivity index (χ0v) is 8.31. The van der Waals surface area contributed by atoms with E-state index in [-0.39, 0.29) is 4.90 Å². The number of carbonyl (C=O) groups is 1. The van der Waals surface area contributed by atoms with Gasteiger partial charge in [0.15, 0.2) is 0 Å². The lowest BCUT2D eigenvalue weighted by molar-refractivity contribution is -0.131. The highest BCUT2D eigenvalue weighted by atomic mass is 32.2. The Kier molecular flexibility index (Phi) is 3.23. The third kappa shape index (κ3) is 3.53. The summed E-state index contributed by atoms with van der Waals surface area (Å²) in [6.45, 7) is 0. The molecule has 0 amide bonds. The normalized spacial score (nSPS) is 11.8. The second-order valence-corrected chi connectivity index (χ2v) is 4.14. The Labute approximate surface area is 86.4 Å². The van der Waals surface area contributed by atoms with Gasteiger partial charge in [-0.25, -0.2) is 4.79 Å². The van der Waals surface area contributed by atoms with Crippen molar-refractivity contribution in [1.82, 2.24) is 0 Å². The van der Waals surface area contributed by atoms with Crippen molar-refractivity contribution in [3.63, 3.8) is 0 Å². The number of benzene rings is 1. The lowest BCUT2D eigenvalue weighted by Gasteiger charge is -1.97. The summed E-state index contributed by atoms with van der Waals surface area (Å²) in [6.07, 6.45) is 2.11. The van der Waals surface area contributed by atoms with E-state index in [0.29, 0.717) is 5.56 Å². The monoisotopic (exact) mass is 228 g/mol. The molecule has 1 aromatic carbocycles. The molecule has 0 aliphatic rings. The topological polar surface area (TPSA) is 91.7 Å². The first-order valence-electron chi connectivity index (χ1n) is 3.88. The van der Waals surface area contributed by atoms with Gasteiger partial charge in [-0.3, -0.25) is 4.55 Å². The van der Waals surface area contributed by atoms with Crippen LogP contribution in [0.3, 0.4) is 0 Å². The van der Waals surface area contributed by atoms with Crippen molar-refractivity contribution in [1.29, 1.82) is 0 Å². The van der Waals surface area contributed by atoms with Gasteiger partial charge in [-0.15, -0.1) is 0 Å². The molecular formula is C9H8O5S. The van der Waals surface area contributed by atoms with Gasteiger partial charge < -0.3 is 5.11 Å². The molecular weight excluding hydrogens is 220 g/mol. The molecule has 1 aromatic rings. The number of aliphatic carboxylic acids is 1. The molecule has 0 radical (unpaired) electrons. The minimum absolute atomic E-state index is 0.268. The van der Waals surface area contributed by atoms with Gasteiger partial charge in [-0.2, -0.15) is 8.42 Å². The Morgan fingerprint density at radius 1 is 1.33 bits per heavy atom.